The van der Waals surface area contributed by atoms with Crippen LogP contribution in [-0.4, -0.2) is 39.3 Å². The fourth-order valence-corrected chi connectivity index (χ4v) is 5.21. The number of imidazole rings is 1. The van der Waals surface area contributed by atoms with Crippen LogP contribution in [0.4, 0.5) is 0 Å². The van der Waals surface area contributed by atoms with E-state index in [2.05, 4.69) is 20.6 Å². The molecule has 3 heterocycles. The zero-order chi connectivity index (χ0) is 27.8. The van der Waals surface area contributed by atoms with Crippen molar-refractivity contribution in [2.75, 3.05) is 0 Å². The SMILES string of the molecule is CCc1nc2c(c(=O)n(C)c(=O)n2C(C)c2ccccc2)n1Cc1ccc(-c2ccccc2-c2nn[nH]n2)cc1. The standard InChI is InChI=1S/C30H28N8O2/c1-4-25-31-28-26(29(39)36(3)30(40)38(28)19(2)21-10-6-5-7-11-21)37(25)18-20-14-16-22(17-15-20)23-12-8-9-13-24(23)27-32-34-35-33-27/h5-17,19H,4,18H2,1-3H3,(H,32,33,34,35). The predicted octanol–water partition coefficient (Wildman–Crippen LogP) is 3.96. The van der Waals surface area contributed by atoms with Crippen LogP contribution in [0.2, 0.25) is 0 Å². The monoisotopic (exact) mass is 532 g/mol. The number of nitrogens with one attached hydrogen (secondary N) is 1. The van der Waals surface area contributed by atoms with Crippen molar-refractivity contribution in [3.05, 3.63) is 117 Å². The molecule has 1 atom stereocenters. The van der Waals surface area contributed by atoms with Gasteiger partial charge in [-0.25, -0.2) is 9.78 Å². The lowest BCUT2D eigenvalue weighted by atomic mass is 9.98. The number of aromatic amines is 1. The fraction of sp³-hybridized carbons (Fsp3) is 0.200. The maximum absolute atomic E-state index is 13.5. The second kappa shape index (κ2) is 10.2. The molecular weight excluding hydrogens is 504 g/mol. The lowest BCUT2D eigenvalue weighted by Gasteiger charge is -2.17. The molecule has 6 rings (SSSR count). The minimum absolute atomic E-state index is 0.297. The Morgan fingerprint density at radius 2 is 1.60 bits per heavy atom. The van der Waals surface area contributed by atoms with Gasteiger partial charge >= 0.3 is 5.69 Å². The molecule has 200 valence electrons. The van der Waals surface area contributed by atoms with Crippen molar-refractivity contribution in [3.8, 4) is 22.5 Å². The van der Waals surface area contributed by atoms with Crippen LogP contribution in [-0.2, 0) is 20.0 Å². The number of tetrazole rings is 1. The summed E-state index contributed by atoms with van der Waals surface area (Å²) in [7, 11) is 1.53. The molecule has 3 aromatic heterocycles. The number of nitrogens with zero attached hydrogens (tertiary/aromatic N) is 7. The van der Waals surface area contributed by atoms with E-state index in [-0.39, 0.29) is 17.3 Å². The van der Waals surface area contributed by atoms with Crippen molar-refractivity contribution < 1.29 is 0 Å². The lowest BCUT2D eigenvalue weighted by molar-refractivity contribution is 0.579. The van der Waals surface area contributed by atoms with E-state index in [1.165, 1.54) is 11.6 Å². The van der Waals surface area contributed by atoms with Gasteiger partial charge in [-0.2, -0.15) is 5.21 Å². The topological polar surface area (TPSA) is 116 Å². The number of rotatable bonds is 7. The Morgan fingerprint density at radius 1 is 0.900 bits per heavy atom. The van der Waals surface area contributed by atoms with Gasteiger partial charge in [0.15, 0.2) is 11.2 Å². The van der Waals surface area contributed by atoms with E-state index in [0.717, 1.165) is 33.6 Å². The van der Waals surface area contributed by atoms with Crippen LogP contribution in [0.3, 0.4) is 0 Å². The Labute approximate surface area is 229 Å². The molecule has 0 aliphatic rings. The van der Waals surface area contributed by atoms with E-state index in [0.29, 0.717) is 30.0 Å². The van der Waals surface area contributed by atoms with E-state index in [1.807, 2.05) is 97.3 Å². The summed E-state index contributed by atoms with van der Waals surface area (Å²) in [6.07, 6.45) is 0.613. The summed E-state index contributed by atoms with van der Waals surface area (Å²) in [4.78, 5) is 31.6. The maximum Gasteiger partial charge on any atom is 0.333 e. The van der Waals surface area contributed by atoms with Gasteiger partial charge in [-0.15, -0.1) is 10.2 Å². The summed E-state index contributed by atoms with van der Waals surface area (Å²) in [5.41, 5.74) is 4.95. The average molecular weight is 533 g/mol. The second-order valence-corrected chi connectivity index (χ2v) is 9.72. The Balaban J connectivity index is 1.43. The van der Waals surface area contributed by atoms with E-state index in [1.54, 1.807) is 4.57 Å². The summed E-state index contributed by atoms with van der Waals surface area (Å²) >= 11 is 0. The van der Waals surface area contributed by atoms with E-state index in [9.17, 15) is 9.59 Å². The molecule has 0 saturated carbocycles. The maximum atomic E-state index is 13.5. The first-order valence-corrected chi connectivity index (χ1v) is 13.2. The van der Waals surface area contributed by atoms with Crippen LogP contribution in [0.5, 0.6) is 0 Å². The number of aromatic nitrogens is 8. The van der Waals surface area contributed by atoms with Gasteiger partial charge in [-0.05, 0) is 34.4 Å². The molecule has 0 spiro atoms. The van der Waals surface area contributed by atoms with Gasteiger partial charge in [0.1, 0.15) is 5.82 Å². The van der Waals surface area contributed by atoms with Crippen LogP contribution < -0.4 is 11.2 Å². The number of fused-ring (bicyclic) bond motifs is 1. The first-order chi connectivity index (χ1) is 19.5. The average Bonchev–Trinajstić information content (AvgIpc) is 3.66. The number of hydrogen-bond donors (Lipinski definition) is 1. The summed E-state index contributed by atoms with van der Waals surface area (Å²) in [6, 6.07) is 25.6. The van der Waals surface area contributed by atoms with E-state index < -0.39 is 0 Å². The third kappa shape index (κ3) is 4.23. The first kappa shape index (κ1) is 25.2. The van der Waals surface area contributed by atoms with Crippen LogP contribution in [0.15, 0.2) is 88.5 Å². The first-order valence-electron chi connectivity index (χ1n) is 13.2. The summed E-state index contributed by atoms with van der Waals surface area (Å²) in [5.74, 6) is 1.28. The normalized spacial score (nSPS) is 12.2. The molecule has 6 aromatic rings. The minimum atomic E-state index is -0.384. The summed E-state index contributed by atoms with van der Waals surface area (Å²) in [5, 5.41) is 14.5. The molecule has 3 aromatic carbocycles. The fourth-order valence-electron chi connectivity index (χ4n) is 5.21. The van der Waals surface area contributed by atoms with Crippen LogP contribution in [0, 0.1) is 0 Å². The lowest BCUT2D eigenvalue weighted by Crippen LogP contribution is -2.40. The predicted molar refractivity (Wildman–Crippen MR) is 153 cm³/mol. The highest BCUT2D eigenvalue weighted by atomic mass is 16.2. The van der Waals surface area contributed by atoms with Gasteiger partial charge in [0, 0.05) is 25.6 Å². The van der Waals surface area contributed by atoms with Crippen molar-refractivity contribution in [2.24, 2.45) is 7.05 Å². The molecular formula is C30H28N8O2. The van der Waals surface area contributed by atoms with Crippen LogP contribution in [0.1, 0.15) is 36.8 Å². The molecule has 10 nitrogen and oxygen atoms in total. The molecule has 0 amide bonds. The van der Waals surface area contributed by atoms with Crippen molar-refractivity contribution >= 4 is 11.2 Å². The molecule has 0 radical (unpaired) electrons. The third-order valence-electron chi connectivity index (χ3n) is 7.36. The highest BCUT2D eigenvalue weighted by molar-refractivity contribution is 5.80. The molecule has 1 unspecified atom stereocenters. The molecule has 10 heteroatoms. The second-order valence-electron chi connectivity index (χ2n) is 9.72. The molecule has 0 aliphatic carbocycles. The Bertz CT molecular complexity index is 1920. The number of benzene rings is 3. The zero-order valence-corrected chi connectivity index (χ0v) is 22.4. The Morgan fingerprint density at radius 3 is 2.27 bits per heavy atom. The van der Waals surface area contributed by atoms with Crippen LogP contribution in [0.25, 0.3) is 33.7 Å². The minimum Gasteiger partial charge on any atom is -0.318 e. The van der Waals surface area contributed by atoms with Gasteiger partial charge in [-0.3, -0.25) is 13.9 Å². The van der Waals surface area contributed by atoms with Crippen molar-refractivity contribution in [3.63, 3.8) is 0 Å². The van der Waals surface area contributed by atoms with Gasteiger partial charge in [0.25, 0.3) is 5.56 Å². The Kier molecular flexibility index (Phi) is 6.43. The van der Waals surface area contributed by atoms with Crippen LogP contribution >= 0.6 is 0 Å². The van der Waals surface area contributed by atoms with E-state index in [4.69, 9.17) is 4.98 Å². The number of H-pyrrole nitrogens is 1. The largest absolute Gasteiger partial charge is 0.333 e. The van der Waals surface area contributed by atoms with Gasteiger partial charge in [-0.1, -0.05) is 85.8 Å². The molecule has 0 saturated heterocycles. The van der Waals surface area contributed by atoms with Gasteiger partial charge in [0.2, 0.25) is 5.82 Å². The molecule has 40 heavy (non-hydrogen) atoms. The Hall–Kier alpha value is -5.12. The third-order valence-corrected chi connectivity index (χ3v) is 7.36. The number of aryl methyl sites for hydroxylation is 1. The van der Waals surface area contributed by atoms with Crippen molar-refractivity contribution in [1.82, 2.24) is 39.3 Å². The quantitative estimate of drug-likeness (QED) is 0.333. The van der Waals surface area contributed by atoms with Gasteiger partial charge < -0.3 is 4.57 Å². The molecule has 1 N–H and O–H groups in total. The highest BCUT2D eigenvalue weighted by Crippen LogP contribution is 2.30. The van der Waals surface area contributed by atoms with Crippen molar-refractivity contribution in [2.45, 2.75) is 32.9 Å². The molecule has 0 bridgehead atoms. The molecule has 0 fully saturated rings. The van der Waals surface area contributed by atoms with Gasteiger partial charge in [0.05, 0.1) is 6.04 Å². The zero-order valence-electron chi connectivity index (χ0n) is 22.4. The molecule has 0 aliphatic heterocycles. The van der Waals surface area contributed by atoms with E-state index >= 15 is 0 Å². The highest BCUT2D eigenvalue weighted by Gasteiger charge is 2.23. The summed E-state index contributed by atoms with van der Waals surface area (Å²) in [6.45, 7) is 4.40. The smallest absolute Gasteiger partial charge is 0.318 e. The van der Waals surface area contributed by atoms with Crippen molar-refractivity contribution in [1.29, 1.82) is 0 Å². The summed E-state index contributed by atoms with van der Waals surface area (Å²) < 4.78 is 4.74. The number of hydrogen-bond acceptors (Lipinski definition) is 6.